The zero-order chi connectivity index (χ0) is 20.0. The fourth-order valence-electron chi connectivity index (χ4n) is 2.92. The number of imidazole rings is 1. The number of pyridine rings is 1. The molecule has 10 heteroatoms. The van der Waals surface area contributed by atoms with Gasteiger partial charge in [-0.1, -0.05) is 23.2 Å². The predicted octanol–water partition coefficient (Wildman–Crippen LogP) is 3.76. The molecule has 4 aromatic rings. The van der Waals surface area contributed by atoms with E-state index in [9.17, 15) is 9.18 Å². The topological polar surface area (TPSA) is 77.7 Å². The Hall–Kier alpha value is -2.84. The van der Waals surface area contributed by atoms with E-state index in [1.165, 1.54) is 12.1 Å². The number of halogens is 3. The van der Waals surface area contributed by atoms with Crippen molar-refractivity contribution in [3.63, 3.8) is 0 Å². The van der Waals surface area contributed by atoms with Crippen molar-refractivity contribution in [2.45, 2.75) is 13.0 Å². The second-order valence-electron chi connectivity index (χ2n) is 6.22. The summed E-state index contributed by atoms with van der Waals surface area (Å²) < 4.78 is 16.6. The molecule has 0 aliphatic carbocycles. The molecule has 1 unspecified atom stereocenters. The molecule has 0 saturated carbocycles. The van der Waals surface area contributed by atoms with Gasteiger partial charge in [0.15, 0.2) is 11.8 Å². The molecule has 1 atom stereocenters. The summed E-state index contributed by atoms with van der Waals surface area (Å²) in [5.41, 5.74) is 2.08. The van der Waals surface area contributed by atoms with Crippen molar-refractivity contribution in [3.8, 4) is 11.1 Å². The first kappa shape index (κ1) is 18.5. The molecule has 3 aromatic heterocycles. The highest BCUT2D eigenvalue weighted by molar-refractivity contribution is 6.36. The van der Waals surface area contributed by atoms with Crippen LogP contribution in [0.15, 0.2) is 41.6 Å². The Morgan fingerprint density at radius 2 is 2.04 bits per heavy atom. The Bertz CT molecular complexity index is 1250. The first-order valence-corrected chi connectivity index (χ1v) is 9.01. The lowest BCUT2D eigenvalue weighted by atomic mass is 10.1. The monoisotopic (exact) mass is 421 g/mol. The third-order valence-corrected chi connectivity index (χ3v) is 5.00. The number of nitrogens with one attached hydrogen (secondary N) is 1. The van der Waals surface area contributed by atoms with Gasteiger partial charge in [-0.05, 0) is 25.1 Å². The van der Waals surface area contributed by atoms with Gasteiger partial charge >= 0.3 is 5.69 Å². The van der Waals surface area contributed by atoms with Crippen LogP contribution in [0.5, 0.6) is 0 Å². The van der Waals surface area contributed by atoms with Crippen LogP contribution in [0.2, 0.25) is 10.0 Å². The van der Waals surface area contributed by atoms with Gasteiger partial charge in [0.05, 0.1) is 11.2 Å². The first-order chi connectivity index (χ1) is 13.3. The summed E-state index contributed by atoms with van der Waals surface area (Å²) >= 11 is 12.2. The molecule has 0 aliphatic rings. The molecule has 4 rings (SSSR count). The number of nitrogens with zero attached hydrogens (tertiary/aromatic N) is 4. The highest BCUT2D eigenvalue weighted by Crippen LogP contribution is 2.33. The Morgan fingerprint density at radius 1 is 1.25 bits per heavy atom. The maximum Gasteiger partial charge on any atom is 0.360 e. The van der Waals surface area contributed by atoms with Crippen LogP contribution in [-0.4, -0.2) is 24.5 Å². The minimum atomic E-state index is -0.797. The summed E-state index contributed by atoms with van der Waals surface area (Å²) in [7, 11) is 1.80. The van der Waals surface area contributed by atoms with Crippen molar-refractivity contribution in [2.24, 2.45) is 7.05 Å². The molecule has 0 spiro atoms. The average molecular weight is 422 g/mol. The van der Waals surface area contributed by atoms with E-state index in [-0.39, 0.29) is 15.6 Å². The van der Waals surface area contributed by atoms with Crippen molar-refractivity contribution >= 4 is 34.4 Å². The van der Waals surface area contributed by atoms with Gasteiger partial charge in [0.2, 0.25) is 0 Å². The molecule has 3 heterocycles. The van der Waals surface area contributed by atoms with Crippen LogP contribution < -0.4 is 10.5 Å². The van der Waals surface area contributed by atoms with Crippen molar-refractivity contribution in [1.82, 2.24) is 24.5 Å². The van der Waals surface area contributed by atoms with Gasteiger partial charge in [-0.2, -0.15) is 5.10 Å². The number of H-pyrrole nitrogens is 1. The second kappa shape index (κ2) is 6.96. The summed E-state index contributed by atoms with van der Waals surface area (Å²) in [5.74, 6) is -0.622. The summed E-state index contributed by atoms with van der Waals surface area (Å²) in [6, 6.07) is 4.31. The van der Waals surface area contributed by atoms with E-state index in [1.54, 1.807) is 37.1 Å². The number of benzene rings is 1. The van der Waals surface area contributed by atoms with E-state index in [0.717, 1.165) is 15.9 Å². The summed E-state index contributed by atoms with van der Waals surface area (Å²) in [6.45, 7) is 1.62. The number of aromatic nitrogens is 5. The molecule has 0 amide bonds. The smallest absolute Gasteiger partial charge is 0.360 e. The van der Waals surface area contributed by atoms with Gasteiger partial charge < -0.3 is 4.84 Å². The Morgan fingerprint density at radius 3 is 2.75 bits per heavy atom. The number of fused-ring (bicyclic) bond motifs is 1. The Labute approximate surface area is 168 Å². The third kappa shape index (κ3) is 3.14. The molecule has 1 aromatic carbocycles. The third-order valence-electron chi connectivity index (χ3n) is 4.28. The largest absolute Gasteiger partial charge is 0.401 e. The number of hydrogen-bond donors (Lipinski definition) is 1. The van der Waals surface area contributed by atoms with Crippen LogP contribution in [0.1, 0.15) is 18.6 Å². The lowest BCUT2D eigenvalue weighted by Gasteiger charge is -2.17. The highest BCUT2D eigenvalue weighted by Gasteiger charge is 2.21. The maximum absolute atomic E-state index is 13.8. The summed E-state index contributed by atoms with van der Waals surface area (Å²) in [6.07, 6.45) is 4.35. The zero-order valence-electron chi connectivity index (χ0n) is 14.8. The summed E-state index contributed by atoms with van der Waals surface area (Å²) in [5, 5.41) is 4.22. The van der Waals surface area contributed by atoms with Crippen LogP contribution in [0.3, 0.4) is 0 Å². The molecule has 0 fully saturated rings. The van der Waals surface area contributed by atoms with Crippen molar-refractivity contribution < 1.29 is 9.23 Å². The fraction of sp³-hybridized carbons (Fsp3) is 0.167. The van der Waals surface area contributed by atoms with Crippen LogP contribution in [0.4, 0.5) is 4.39 Å². The lowest BCUT2D eigenvalue weighted by molar-refractivity contribution is 0.0492. The van der Waals surface area contributed by atoms with Crippen molar-refractivity contribution in [2.75, 3.05) is 0 Å². The maximum atomic E-state index is 13.8. The van der Waals surface area contributed by atoms with Gasteiger partial charge in [-0.25, -0.2) is 14.2 Å². The SMILES string of the molecule is CC(On1c(=O)[nH]c2ncc(-c3cnn(C)c3)cc21)c1c(Cl)ccc(F)c1Cl. The van der Waals surface area contributed by atoms with Gasteiger partial charge in [-0.15, -0.1) is 4.73 Å². The molecular weight excluding hydrogens is 408 g/mol. The second-order valence-corrected chi connectivity index (χ2v) is 7.01. The molecule has 1 N–H and O–H groups in total. The Balaban J connectivity index is 1.77. The molecule has 0 bridgehead atoms. The molecule has 0 aliphatic heterocycles. The van der Waals surface area contributed by atoms with Gasteiger partial charge in [0.1, 0.15) is 11.3 Å². The number of rotatable bonds is 4. The molecule has 28 heavy (non-hydrogen) atoms. The van der Waals surface area contributed by atoms with E-state index in [2.05, 4.69) is 15.1 Å². The molecule has 7 nitrogen and oxygen atoms in total. The van der Waals surface area contributed by atoms with Gasteiger partial charge in [0, 0.05) is 41.2 Å². The standard InChI is InChI=1S/C18H14Cl2FN5O2/c1-9(15-12(19)3-4-13(21)16(15)20)28-26-14-5-10(11-7-23-25(2)8-11)6-22-17(14)24-18(26)27/h3-9H,1-2H3,(H,22,24,27). The van der Waals surface area contributed by atoms with E-state index in [4.69, 9.17) is 28.0 Å². The van der Waals surface area contributed by atoms with Crippen LogP contribution in [0, 0.1) is 5.82 Å². The summed E-state index contributed by atoms with van der Waals surface area (Å²) in [4.78, 5) is 25.0. The number of aromatic amines is 1. The Kier molecular flexibility index (Phi) is 4.60. The van der Waals surface area contributed by atoms with Crippen molar-refractivity contribution in [3.05, 3.63) is 68.7 Å². The van der Waals surface area contributed by atoms with E-state index in [1.807, 2.05) is 6.20 Å². The number of hydrogen-bond acceptors (Lipinski definition) is 4. The van der Waals surface area contributed by atoms with Crippen LogP contribution in [0.25, 0.3) is 22.3 Å². The lowest BCUT2D eigenvalue weighted by Crippen LogP contribution is -2.26. The van der Waals surface area contributed by atoms with E-state index < -0.39 is 17.6 Å². The fourth-order valence-corrected chi connectivity index (χ4v) is 3.60. The predicted molar refractivity (Wildman–Crippen MR) is 104 cm³/mol. The minimum Gasteiger partial charge on any atom is -0.401 e. The quantitative estimate of drug-likeness (QED) is 0.508. The van der Waals surface area contributed by atoms with Crippen molar-refractivity contribution in [1.29, 1.82) is 0 Å². The highest BCUT2D eigenvalue weighted by atomic mass is 35.5. The molecule has 0 radical (unpaired) electrons. The molecular formula is C18H14Cl2FN5O2. The number of aryl methyl sites for hydroxylation is 1. The normalized spacial score (nSPS) is 12.5. The van der Waals surface area contributed by atoms with Gasteiger partial charge in [-0.3, -0.25) is 9.67 Å². The van der Waals surface area contributed by atoms with Gasteiger partial charge in [0.25, 0.3) is 0 Å². The van der Waals surface area contributed by atoms with E-state index in [0.29, 0.717) is 11.2 Å². The molecule has 144 valence electrons. The molecule has 0 saturated heterocycles. The van der Waals surface area contributed by atoms with Crippen LogP contribution >= 0.6 is 23.2 Å². The average Bonchev–Trinajstić information content (AvgIpc) is 3.22. The zero-order valence-corrected chi connectivity index (χ0v) is 16.3. The van der Waals surface area contributed by atoms with E-state index >= 15 is 0 Å². The first-order valence-electron chi connectivity index (χ1n) is 8.25. The minimum absolute atomic E-state index is 0.151. The van der Waals surface area contributed by atoms with Crippen LogP contribution in [-0.2, 0) is 7.05 Å².